The molecule has 0 atom stereocenters. The molecule has 0 amide bonds. The van der Waals surface area contributed by atoms with Crippen LogP contribution in [0.3, 0.4) is 0 Å². The van der Waals surface area contributed by atoms with Crippen molar-refractivity contribution in [1.82, 2.24) is 20.3 Å². The molecule has 0 radical (unpaired) electrons. The van der Waals surface area contributed by atoms with E-state index in [0.29, 0.717) is 6.04 Å². The molecule has 1 aromatic heterocycles. The maximum Gasteiger partial charge on any atom is 0.205 e. The second-order valence-corrected chi connectivity index (χ2v) is 5.36. The highest BCUT2D eigenvalue weighted by molar-refractivity contribution is 5.79. The first-order valence-electron chi connectivity index (χ1n) is 7.62. The second kappa shape index (κ2) is 8.58. The fourth-order valence-electron chi connectivity index (χ4n) is 2.59. The maximum absolute atomic E-state index is 5.53. The van der Waals surface area contributed by atoms with Gasteiger partial charge in [0.1, 0.15) is 0 Å². The third-order valence-corrected chi connectivity index (χ3v) is 3.74. The van der Waals surface area contributed by atoms with Crippen LogP contribution in [0.5, 0.6) is 0 Å². The summed E-state index contributed by atoms with van der Waals surface area (Å²) in [5.41, 5.74) is 2.68. The highest BCUT2D eigenvalue weighted by atomic mass is 15.3. The van der Waals surface area contributed by atoms with Crippen molar-refractivity contribution in [3.8, 4) is 0 Å². The predicted molar refractivity (Wildman–Crippen MR) is 81.1 cm³/mol. The van der Waals surface area contributed by atoms with Crippen LogP contribution in [-0.2, 0) is 6.54 Å². The summed E-state index contributed by atoms with van der Waals surface area (Å²) in [6, 6.07) is 0.532. The van der Waals surface area contributed by atoms with Crippen LogP contribution in [0.1, 0.15) is 44.9 Å². The summed E-state index contributed by atoms with van der Waals surface area (Å²) in [7, 11) is 0. The van der Waals surface area contributed by atoms with E-state index in [4.69, 9.17) is 5.84 Å². The number of rotatable bonds is 6. The Morgan fingerprint density at radius 1 is 1.30 bits per heavy atom. The Morgan fingerprint density at radius 2 is 2.15 bits per heavy atom. The first-order chi connectivity index (χ1) is 9.88. The molecular formula is C14H26N6. The topological polar surface area (TPSA) is 80.3 Å². The molecule has 1 aliphatic carbocycles. The van der Waals surface area contributed by atoms with Gasteiger partial charge in [-0.05, 0) is 25.7 Å². The van der Waals surface area contributed by atoms with Gasteiger partial charge in [0.05, 0.1) is 6.33 Å². The molecule has 20 heavy (non-hydrogen) atoms. The third kappa shape index (κ3) is 5.21. The number of nitrogens with two attached hydrogens (primary N) is 1. The smallest absolute Gasteiger partial charge is 0.205 e. The molecule has 0 saturated heterocycles. The average molecular weight is 278 g/mol. The van der Waals surface area contributed by atoms with Crippen LogP contribution in [0.4, 0.5) is 0 Å². The van der Waals surface area contributed by atoms with Crippen molar-refractivity contribution in [1.29, 1.82) is 0 Å². The number of imidazole rings is 1. The van der Waals surface area contributed by atoms with Crippen molar-refractivity contribution in [2.24, 2.45) is 10.8 Å². The van der Waals surface area contributed by atoms with Gasteiger partial charge in [0.15, 0.2) is 0 Å². The molecule has 1 fully saturated rings. The molecule has 1 aliphatic rings. The standard InChI is InChI=1S/C14H26N6/c15-19-14(18-13-6-2-1-3-7-13)17-8-4-5-10-20-11-9-16-12-20/h9,11-13H,1-8,10,15H2,(H2,17,18,19). The predicted octanol–water partition coefficient (Wildman–Crippen LogP) is 1.40. The van der Waals surface area contributed by atoms with Gasteiger partial charge in [-0.25, -0.2) is 10.8 Å². The van der Waals surface area contributed by atoms with Gasteiger partial charge in [0, 0.05) is 31.5 Å². The highest BCUT2D eigenvalue weighted by Gasteiger charge is 2.13. The van der Waals surface area contributed by atoms with E-state index < -0.39 is 0 Å². The Bertz CT molecular complexity index is 380. The number of hydrogen-bond donors (Lipinski definition) is 3. The molecule has 1 aromatic rings. The molecule has 0 aromatic carbocycles. The number of guanidine groups is 1. The maximum atomic E-state index is 5.53. The number of unbranched alkanes of at least 4 members (excludes halogenated alkanes) is 1. The van der Waals surface area contributed by atoms with E-state index in [0.717, 1.165) is 31.9 Å². The van der Waals surface area contributed by atoms with Gasteiger partial charge in [-0.15, -0.1) is 0 Å². The molecule has 1 saturated carbocycles. The molecule has 0 aliphatic heterocycles. The Labute approximate surface area is 120 Å². The Balaban J connectivity index is 1.62. The monoisotopic (exact) mass is 278 g/mol. The van der Waals surface area contributed by atoms with Crippen molar-refractivity contribution in [2.45, 2.75) is 57.5 Å². The molecule has 6 nitrogen and oxygen atoms in total. The zero-order valence-corrected chi connectivity index (χ0v) is 12.1. The van der Waals surface area contributed by atoms with Crippen LogP contribution in [-0.4, -0.2) is 28.1 Å². The van der Waals surface area contributed by atoms with Crippen molar-refractivity contribution in [3.05, 3.63) is 18.7 Å². The largest absolute Gasteiger partial charge is 0.353 e. The number of nitrogens with one attached hydrogen (secondary N) is 2. The minimum absolute atomic E-state index is 0.532. The first-order valence-corrected chi connectivity index (χ1v) is 7.62. The summed E-state index contributed by atoms with van der Waals surface area (Å²) in [4.78, 5) is 8.53. The summed E-state index contributed by atoms with van der Waals surface area (Å²) in [5.74, 6) is 6.26. The summed E-state index contributed by atoms with van der Waals surface area (Å²) in [6.07, 6.45) is 14.2. The van der Waals surface area contributed by atoms with E-state index >= 15 is 0 Å². The van der Waals surface area contributed by atoms with E-state index in [1.807, 2.05) is 18.7 Å². The summed E-state index contributed by atoms with van der Waals surface area (Å²) < 4.78 is 2.09. The van der Waals surface area contributed by atoms with Crippen LogP contribution >= 0.6 is 0 Å². The second-order valence-electron chi connectivity index (χ2n) is 5.36. The number of aliphatic imine (C=N–C) groups is 1. The minimum atomic E-state index is 0.532. The number of nitrogens with zero attached hydrogens (tertiary/aromatic N) is 3. The quantitative estimate of drug-likeness (QED) is 0.242. The minimum Gasteiger partial charge on any atom is -0.353 e. The lowest BCUT2D eigenvalue weighted by Gasteiger charge is -2.24. The van der Waals surface area contributed by atoms with E-state index in [1.54, 1.807) is 0 Å². The number of aromatic nitrogens is 2. The molecule has 4 N–H and O–H groups in total. The van der Waals surface area contributed by atoms with Crippen molar-refractivity contribution in [3.63, 3.8) is 0 Å². The van der Waals surface area contributed by atoms with Gasteiger partial charge in [0.2, 0.25) is 5.96 Å². The molecule has 0 spiro atoms. The van der Waals surface area contributed by atoms with Crippen LogP contribution < -0.4 is 16.6 Å². The van der Waals surface area contributed by atoms with E-state index in [9.17, 15) is 0 Å². The Kier molecular flexibility index (Phi) is 6.37. The molecule has 1 heterocycles. The van der Waals surface area contributed by atoms with Crippen molar-refractivity contribution >= 4 is 5.96 Å². The van der Waals surface area contributed by atoms with Crippen LogP contribution in [0.15, 0.2) is 23.7 Å². The fraction of sp³-hybridized carbons (Fsp3) is 0.714. The normalized spacial score (nSPS) is 17.1. The molecule has 112 valence electrons. The summed E-state index contributed by atoms with van der Waals surface area (Å²) in [5, 5.41) is 3.41. The average Bonchev–Trinajstić information content (AvgIpc) is 3.00. The first kappa shape index (κ1) is 14.8. The molecule has 0 bridgehead atoms. The van der Waals surface area contributed by atoms with Gasteiger partial charge in [-0.3, -0.25) is 10.4 Å². The van der Waals surface area contributed by atoms with Crippen molar-refractivity contribution in [2.75, 3.05) is 6.54 Å². The number of hydrogen-bond acceptors (Lipinski definition) is 3. The SMILES string of the molecule is NNC(=NCCCCn1ccnc1)NC1CCCCC1. The molecule has 0 unspecified atom stereocenters. The van der Waals surface area contributed by atoms with Crippen molar-refractivity contribution < 1.29 is 0 Å². The summed E-state index contributed by atoms with van der Waals surface area (Å²) >= 11 is 0. The van der Waals surface area contributed by atoms with E-state index in [-0.39, 0.29) is 0 Å². The number of aryl methyl sites for hydroxylation is 1. The zero-order chi connectivity index (χ0) is 14.0. The van der Waals surface area contributed by atoms with Crippen LogP contribution in [0, 0.1) is 0 Å². The third-order valence-electron chi connectivity index (χ3n) is 3.74. The highest BCUT2D eigenvalue weighted by Crippen LogP contribution is 2.17. The van der Waals surface area contributed by atoms with Crippen LogP contribution in [0.2, 0.25) is 0 Å². The Morgan fingerprint density at radius 3 is 2.85 bits per heavy atom. The van der Waals surface area contributed by atoms with Gasteiger partial charge in [-0.2, -0.15) is 0 Å². The lowest BCUT2D eigenvalue weighted by atomic mass is 9.96. The van der Waals surface area contributed by atoms with Crippen LogP contribution in [0.25, 0.3) is 0 Å². The van der Waals surface area contributed by atoms with Gasteiger partial charge < -0.3 is 9.88 Å². The van der Waals surface area contributed by atoms with Gasteiger partial charge in [-0.1, -0.05) is 19.3 Å². The van der Waals surface area contributed by atoms with Gasteiger partial charge in [0.25, 0.3) is 0 Å². The molecule has 6 heteroatoms. The van der Waals surface area contributed by atoms with E-state index in [2.05, 4.69) is 25.3 Å². The Hall–Kier alpha value is -1.56. The molecule has 2 rings (SSSR count). The zero-order valence-electron chi connectivity index (χ0n) is 12.1. The lowest BCUT2D eigenvalue weighted by molar-refractivity contribution is 0.410. The lowest BCUT2D eigenvalue weighted by Crippen LogP contribution is -2.47. The van der Waals surface area contributed by atoms with Gasteiger partial charge >= 0.3 is 0 Å². The fourth-order valence-corrected chi connectivity index (χ4v) is 2.59. The van der Waals surface area contributed by atoms with E-state index in [1.165, 1.54) is 32.1 Å². The summed E-state index contributed by atoms with van der Waals surface area (Å²) in [6.45, 7) is 1.80. The molecular weight excluding hydrogens is 252 g/mol. The number of hydrazine groups is 1.